The maximum Gasteiger partial charge on any atom is 0.343 e. The molecule has 1 aliphatic rings. The van der Waals surface area contributed by atoms with Crippen molar-refractivity contribution in [2.75, 3.05) is 6.61 Å². The summed E-state index contributed by atoms with van der Waals surface area (Å²) in [5, 5.41) is 9.74. The van der Waals surface area contributed by atoms with Gasteiger partial charge in [0, 0.05) is 0 Å². The zero-order chi connectivity index (χ0) is 29.8. The minimum atomic E-state index is -0.458. The Morgan fingerprint density at radius 3 is 2.00 bits per heavy atom. The lowest BCUT2D eigenvalue weighted by Gasteiger charge is -2.28. The number of carbonyl (C=O) groups excluding carboxylic acids is 1. The number of aryl methyl sites for hydroxylation is 1. The van der Waals surface area contributed by atoms with Crippen LogP contribution in [0.15, 0.2) is 42.5 Å². The number of hydrogen-bond acceptors (Lipinski definition) is 4. The molecule has 0 aromatic heterocycles. The number of hydrogen-bond donors (Lipinski definition) is 0. The molecule has 230 valence electrons. The second-order valence-electron chi connectivity index (χ2n) is 12.5. The molecule has 0 amide bonds. The third kappa shape index (κ3) is 12.6. The van der Waals surface area contributed by atoms with Gasteiger partial charge in [0.15, 0.2) is 0 Å². The first kappa shape index (κ1) is 33.7. The highest BCUT2D eigenvalue weighted by atomic mass is 16.5. The number of nitriles is 1. The highest BCUT2D eigenvalue weighted by Crippen LogP contribution is 2.34. The fraction of sp³-hybridized carbons (Fsp3) is 0.632. The molecule has 0 N–H and O–H groups in total. The Kier molecular flexibility index (Phi) is 16.2. The van der Waals surface area contributed by atoms with E-state index in [0.717, 1.165) is 36.0 Å². The second-order valence-corrected chi connectivity index (χ2v) is 12.5. The first-order chi connectivity index (χ1) is 20.6. The van der Waals surface area contributed by atoms with Crippen molar-refractivity contribution >= 4 is 5.97 Å². The molecule has 1 fully saturated rings. The van der Waals surface area contributed by atoms with E-state index in [-0.39, 0.29) is 0 Å². The van der Waals surface area contributed by atoms with Crippen molar-refractivity contribution in [2.24, 2.45) is 11.8 Å². The van der Waals surface area contributed by atoms with Crippen LogP contribution in [0.3, 0.4) is 0 Å². The Morgan fingerprint density at radius 1 is 0.762 bits per heavy atom. The summed E-state index contributed by atoms with van der Waals surface area (Å²) >= 11 is 0. The van der Waals surface area contributed by atoms with E-state index in [2.05, 4.69) is 19.9 Å². The largest absolute Gasteiger partial charge is 0.494 e. The van der Waals surface area contributed by atoms with Gasteiger partial charge in [-0.2, -0.15) is 5.26 Å². The van der Waals surface area contributed by atoms with Gasteiger partial charge in [-0.1, -0.05) is 123 Å². The number of esters is 1. The minimum Gasteiger partial charge on any atom is -0.494 e. The lowest BCUT2D eigenvalue weighted by atomic mass is 9.77. The van der Waals surface area contributed by atoms with E-state index < -0.39 is 5.97 Å². The van der Waals surface area contributed by atoms with Gasteiger partial charge in [0.2, 0.25) is 0 Å². The molecule has 2 aromatic rings. The summed E-state index contributed by atoms with van der Waals surface area (Å²) in [7, 11) is 0. The van der Waals surface area contributed by atoms with Crippen molar-refractivity contribution in [3.8, 4) is 17.6 Å². The van der Waals surface area contributed by atoms with Crippen LogP contribution in [-0.2, 0) is 6.42 Å². The van der Waals surface area contributed by atoms with Crippen molar-refractivity contribution < 1.29 is 14.3 Å². The molecular weight excluding hydrogens is 518 g/mol. The maximum absolute atomic E-state index is 12.8. The van der Waals surface area contributed by atoms with Gasteiger partial charge in [-0.3, -0.25) is 0 Å². The van der Waals surface area contributed by atoms with Crippen LogP contribution < -0.4 is 9.47 Å². The Morgan fingerprint density at radius 2 is 1.36 bits per heavy atom. The van der Waals surface area contributed by atoms with Crippen LogP contribution in [-0.4, -0.2) is 12.6 Å². The average Bonchev–Trinajstić information content (AvgIpc) is 3.02. The Hall–Kier alpha value is -2.80. The second kappa shape index (κ2) is 20.2. The summed E-state index contributed by atoms with van der Waals surface area (Å²) < 4.78 is 11.5. The molecule has 0 bridgehead atoms. The van der Waals surface area contributed by atoms with Crippen LogP contribution in [0.5, 0.6) is 11.5 Å². The van der Waals surface area contributed by atoms with Crippen molar-refractivity contribution in [3.63, 3.8) is 0 Å². The fourth-order valence-electron chi connectivity index (χ4n) is 6.22. The van der Waals surface area contributed by atoms with Gasteiger partial charge in [-0.25, -0.2) is 4.79 Å². The Labute approximate surface area is 256 Å². The summed E-state index contributed by atoms with van der Waals surface area (Å²) in [6.07, 6.45) is 24.6. The van der Waals surface area contributed by atoms with Crippen molar-refractivity contribution in [2.45, 2.75) is 136 Å². The van der Waals surface area contributed by atoms with Crippen molar-refractivity contribution in [3.05, 3.63) is 59.2 Å². The molecule has 0 atom stereocenters. The van der Waals surface area contributed by atoms with E-state index in [1.165, 1.54) is 109 Å². The zero-order valence-electron chi connectivity index (χ0n) is 26.5. The first-order valence-electron chi connectivity index (χ1n) is 17.1. The highest BCUT2D eigenvalue weighted by molar-refractivity contribution is 5.91. The molecule has 4 nitrogen and oxygen atoms in total. The van der Waals surface area contributed by atoms with Gasteiger partial charge in [0.25, 0.3) is 0 Å². The monoisotopic (exact) mass is 573 g/mol. The minimum absolute atomic E-state index is 0.324. The van der Waals surface area contributed by atoms with E-state index in [4.69, 9.17) is 9.47 Å². The summed E-state index contributed by atoms with van der Waals surface area (Å²) in [5.74, 6) is 2.34. The topological polar surface area (TPSA) is 59.3 Å². The van der Waals surface area contributed by atoms with Crippen molar-refractivity contribution in [1.82, 2.24) is 0 Å². The molecule has 42 heavy (non-hydrogen) atoms. The van der Waals surface area contributed by atoms with Crippen LogP contribution in [0, 0.1) is 23.2 Å². The predicted octanol–water partition coefficient (Wildman–Crippen LogP) is 11.0. The number of benzene rings is 2. The van der Waals surface area contributed by atoms with E-state index >= 15 is 0 Å². The van der Waals surface area contributed by atoms with E-state index in [9.17, 15) is 10.1 Å². The van der Waals surface area contributed by atoms with Gasteiger partial charge in [0.05, 0.1) is 17.7 Å². The van der Waals surface area contributed by atoms with Gasteiger partial charge >= 0.3 is 5.97 Å². The van der Waals surface area contributed by atoms with Gasteiger partial charge in [-0.05, 0) is 73.1 Å². The molecule has 0 spiro atoms. The van der Waals surface area contributed by atoms with Crippen molar-refractivity contribution in [1.29, 1.82) is 5.26 Å². The van der Waals surface area contributed by atoms with Gasteiger partial charge in [0.1, 0.15) is 17.6 Å². The molecule has 4 heteroatoms. The molecule has 0 heterocycles. The summed E-state index contributed by atoms with van der Waals surface area (Å²) in [6, 6.07) is 15.0. The van der Waals surface area contributed by atoms with Crippen LogP contribution in [0.25, 0.3) is 0 Å². The SMILES string of the molecule is CCCCCCCCCOc1ccc(C(=O)Oc2ccc(CCC3CCC(CCCCCCC)CC3)cc2C#N)cc1. The highest BCUT2D eigenvalue weighted by Gasteiger charge is 2.21. The Balaban J connectivity index is 1.37. The normalized spacial score (nSPS) is 16.6. The van der Waals surface area contributed by atoms with Gasteiger partial charge < -0.3 is 9.47 Å². The number of carbonyl (C=O) groups is 1. The third-order valence-corrected chi connectivity index (χ3v) is 9.00. The molecule has 2 aromatic carbocycles. The third-order valence-electron chi connectivity index (χ3n) is 9.00. The predicted molar refractivity (Wildman–Crippen MR) is 173 cm³/mol. The lowest BCUT2D eigenvalue weighted by Crippen LogP contribution is -2.15. The lowest BCUT2D eigenvalue weighted by molar-refractivity contribution is 0.0734. The van der Waals surface area contributed by atoms with Gasteiger partial charge in [-0.15, -0.1) is 0 Å². The average molecular weight is 574 g/mol. The smallest absolute Gasteiger partial charge is 0.343 e. The van der Waals surface area contributed by atoms with Crippen LogP contribution in [0.4, 0.5) is 0 Å². The van der Waals surface area contributed by atoms with E-state index in [0.29, 0.717) is 23.5 Å². The fourth-order valence-corrected chi connectivity index (χ4v) is 6.22. The molecule has 1 aliphatic carbocycles. The van der Waals surface area contributed by atoms with E-state index in [1.807, 2.05) is 24.3 Å². The first-order valence-corrected chi connectivity index (χ1v) is 17.1. The standard InChI is InChI=1S/C38H55NO3/c1-3-5-7-9-10-12-14-28-41-36-25-23-34(24-26-36)38(40)42-37-27-22-33(29-35(37)30-39)21-20-32-18-16-31(17-19-32)15-13-11-8-6-4-2/h22-27,29,31-32H,3-21,28H2,1-2H3. The molecule has 0 saturated heterocycles. The summed E-state index contributed by atoms with van der Waals surface area (Å²) in [6.45, 7) is 5.21. The quantitative estimate of drug-likeness (QED) is 0.0898. The summed E-state index contributed by atoms with van der Waals surface area (Å²) in [5.41, 5.74) is 2.01. The Bertz CT molecular complexity index is 1060. The van der Waals surface area contributed by atoms with Crippen LogP contribution in [0.1, 0.15) is 151 Å². The van der Waals surface area contributed by atoms with Crippen LogP contribution in [0.2, 0.25) is 0 Å². The number of unbranched alkanes of at least 4 members (excludes halogenated alkanes) is 10. The van der Waals surface area contributed by atoms with Crippen LogP contribution >= 0.6 is 0 Å². The maximum atomic E-state index is 12.8. The zero-order valence-corrected chi connectivity index (χ0v) is 26.5. The molecular formula is C38H55NO3. The van der Waals surface area contributed by atoms with E-state index in [1.54, 1.807) is 18.2 Å². The molecule has 3 rings (SSSR count). The number of nitrogens with zero attached hydrogens (tertiary/aromatic N) is 1. The number of rotatable bonds is 20. The molecule has 0 aliphatic heterocycles. The molecule has 0 radical (unpaired) electrons. The molecule has 1 saturated carbocycles. The summed E-state index contributed by atoms with van der Waals surface area (Å²) in [4.78, 5) is 12.8. The molecule has 0 unspecified atom stereocenters. The number of ether oxygens (including phenoxy) is 2.